The fourth-order valence-electron chi connectivity index (χ4n) is 2.71. The summed E-state index contributed by atoms with van der Waals surface area (Å²) in [5.74, 6) is -0.281. The number of anilines is 1. The van der Waals surface area contributed by atoms with Gasteiger partial charge in [-0.2, -0.15) is 0 Å². The molecule has 29 heavy (non-hydrogen) atoms. The summed E-state index contributed by atoms with van der Waals surface area (Å²) in [5.41, 5.74) is 2.00. The van der Waals surface area contributed by atoms with E-state index in [4.69, 9.17) is 16.3 Å². The number of carbonyl (C=O) groups is 1. The Labute approximate surface area is 176 Å². The third-order valence-electron chi connectivity index (χ3n) is 4.21. The highest BCUT2D eigenvalue weighted by molar-refractivity contribution is 8.00. The Morgan fingerprint density at radius 2 is 2.14 bits per heavy atom. The summed E-state index contributed by atoms with van der Waals surface area (Å²) in [4.78, 5) is 27.6. The number of nitro benzene ring substituents is 1. The number of non-ortho nitro benzene ring substituents is 1. The van der Waals surface area contributed by atoms with E-state index < -0.39 is 10.2 Å². The van der Waals surface area contributed by atoms with Gasteiger partial charge in [0.05, 0.1) is 38.5 Å². The second-order valence-corrected chi connectivity index (χ2v) is 7.91. The van der Waals surface area contributed by atoms with Crippen molar-refractivity contribution in [2.24, 2.45) is 0 Å². The van der Waals surface area contributed by atoms with Crippen LogP contribution in [0.4, 0.5) is 11.4 Å². The zero-order valence-corrected chi connectivity index (χ0v) is 17.4. The predicted octanol–water partition coefficient (Wildman–Crippen LogP) is 4.36. The van der Waals surface area contributed by atoms with Crippen molar-refractivity contribution in [1.82, 2.24) is 9.55 Å². The quantitative estimate of drug-likeness (QED) is 0.321. The summed E-state index contributed by atoms with van der Waals surface area (Å²) < 4.78 is 7.21. The zero-order valence-electron chi connectivity index (χ0n) is 15.8. The molecular formula is C19H19ClN4O4S. The Morgan fingerprint density at radius 1 is 1.38 bits per heavy atom. The number of carbonyl (C=O) groups excluding carboxylic acids is 1. The lowest BCUT2D eigenvalue weighted by Crippen LogP contribution is -2.23. The third-order valence-corrected chi connectivity index (χ3v) is 5.61. The highest BCUT2D eigenvalue weighted by Gasteiger charge is 2.21. The molecule has 1 N–H and O–H groups in total. The zero-order chi connectivity index (χ0) is 21.0. The maximum absolute atomic E-state index is 12.6. The van der Waals surface area contributed by atoms with E-state index in [1.165, 1.54) is 30.0 Å². The van der Waals surface area contributed by atoms with Crippen molar-refractivity contribution in [2.45, 2.75) is 23.9 Å². The van der Waals surface area contributed by atoms with Crippen molar-refractivity contribution in [3.63, 3.8) is 0 Å². The first kappa shape index (κ1) is 21.1. The Bertz CT molecular complexity index is 1060. The molecule has 0 saturated carbocycles. The van der Waals surface area contributed by atoms with Crippen molar-refractivity contribution in [1.29, 1.82) is 0 Å². The second-order valence-electron chi connectivity index (χ2n) is 6.20. The predicted molar refractivity (Wildman–Crippen MR) is 114 cm³/mol. The van der Waals surface area contributed by atoms with Crippen molar-refractivity contribution >= 4 is 51.7 Å². The van der Waals surface area contributed by atoms with Crippen LogP contribution in [0, 0.1) is 10.1 Å². The van der Waals surface area contributed by atoms with Crippen LogP contribution >= 0.6 is 23.4 Å². The number of nitro groups is 1. The van der Waals surface area contributed by atoms with Gasteiger partial charge in [-0.15, -0.1) is 0 Å². The third kappa shape index (κ3) is 4.87. The van der Waals surface area contributed by atoms with Crippen LogP contribution in [0.25, 0.3) is 11.0 Å². The fraction of sp³-hybridized carbons (Fsp3) is 0.263. The molecule has 0 spiro atoms. The molecule has 0 radical (unpaired) electrons. The number of halogens is 1. The number of imidazole rings is 1. The Balaban J connectivity index is 1.77. The second kappa shape index (κ2) is 9.25. The number of methoxy groups -OCH3 is 1. The lowest BCUT2D eigenvalue weighted by Gasteiger charge is -2.14. The van der Waals surface area contributed by atoms with Gasteiger partial charge in [-0.3, -0.25) is 14.9 Å². The highest BCUT2D eigenvalue weighted by Crippen LogP contribution is 2.30. The number of ether oxygens (including phenoxy) is 1. The van der Waals surface area contributed by atoms with Crippen molar-refractivity contribution in [2.75, 3.05) is 19.0 Å². The van der Waals surface area contributed by atoms with Gasteiger partial charge in [0.1, 0.15) is 0 Å². The molecule has 152 valence electrons. The molecular weight excluding hydrogens is 416 g/mol. The molecule has 8 nitrogen and oxygen atoms in total. The number of hydrogen-bond acceptors (Lipinski definition) is 6. The average molecular weight is 435 g/mol. The molecule has 1 heterocycles. The first-order chi connectivity index (χ1) is 13.9. The number of nitrogens with zero attached hydrogens (tertiary/aromatic N) is 3. The number of thioether (sulfide) groups is 1. The van der Waals surface area contributed by atoms with E-state index in [-0.39, 0.29) is 16.6 Å². The van der Waals surface area contributed by atoms with E-state index >= 15 is 0 Å². The van der Waals surface area contributed by atoms with Crippen molar-refractivity contribution in [3.8, 4) is 0 Å². The maximum atomic E-state index is 12.6. The van der Waals surface area contributed by atoms with Gasteiger partial charge in [-0.25, -0.2) is 4.98 Å². The van der Waals surface area contributed by atoms with E-state index in [2.05, 4.69) is 10.3 Å². The first-order valence-electron chi connectivity index (χ1n) is 8.76. The van der Waals surface area contributed by atoms with E-state index in [9.17, 15) is 14.9 Å². The number of benzene rings is 2. The Hall–Kier alpha value is -2.62. The minimum Gasteiger partial charge on any atom is -0.383 e. The summed E-state index contributed by atoms with van der Waals surface area (Å²) in [6.07, 6.45) is 0. The van der Waals surface area contributed by atoms with E-state index in [0.717, 1.165) is 11.0 Å². The lowest BCUT2D eigenvalue weighted by atomic mass is 10.2. The van der Waals surface area contributed by atoms with Gasteiger partial charge in [-0.05, 0) is 25.1 Å². The van der Waals surface area contributed by atoms with Gasteiger partial charge in [0.2, 0.25) is 5.91 Å². The lowest BCUT2D eigenvalue weighted by molar-refractivity contribution is -0.384. The van der Waals surface area contributed by atoms with Gasteiger partial charge >= 0.3 is 0 Å². The van der Waals surface area contributed by atoms with E-state index in [1.54, 1.807) is 14.0 Å². The molecule has 0 aliphatic carbocycles. The summed E-state index contributed by atoms with van der Waals surface area (Å²) in [6.45, 7) is 2.90. The molecule has 1 atom stereocenters. The summed E-state index contributed by atoms with van der Waals surface area (Å²) in [7, 11) is 1.63. The van der Waals surface area contributed by atoms with Crippen molar-refractivity contribution < 1.29 is 14.5 Å². The molecule has 0 fully saturated rings. The van der Waals surface area contributed by atoms with Crippen LogP contribution in [0.3, 0.4) is 0 Å². The van der Waals surface area contributed by atoms with Gasteiger partial charge < -0.3 is 14.6 Å². The van der Waals surface area contributed by atoms with Crippen LogP contribution in [0.2, 0.25) is 5.02 Å². The Kier molecular flexibility index (Phi) is 6.73. The fourth-order valence-corrected chi connectivity index (χ4v) is 3.88. The molecule has 1 aromatic heterocycles. The van der Waals surface area contributed by atoms with Crippen LogP contribution in [-0.2, 0) is 16.1 Å². The monoisotopic (exact) mass is 434 g/mol. The van der Waals surface area contributed by atoms with Crippen LogP contribution in [0.1, 0.15) is 6.92 Å². The van der Waals surface area contributed by atoms with Gasteiger partial charge in [0, 0.05) is 25.8 Å². The number of rotatable bonds is 8. The largest absolute Gasteiger partial charge is 0.383 e. The molecule has 1 amide bonds. The molecule has 0 aliphatic rings. The number of para-hydroxylation sites is 2. The number of amides is 1. The Morgan fingerprint density at radius 3 is 2.83 bits per heavy atom. The molecule has 0 saturated heterocycles. The van der Waals surface area contributed by atoms with Crippen LogP contribution in [0.5, 0.6) is 0 Å². The number of aromatic nitrogens is 2. The first-order valence-corrected chi connectivity index (χ1v) is 10.0. The minimum absolute atomic E-state index is 0.108. The van der Waals surface area contributed by atoms with E-state index in [1.807, 2.05) is 28.8 Å². The van der Waals surface area contributed by atoms with E-state index in [0.29, 0.717) is 24.0 Å². The SMILES string of the molecule is COCCn1c(SC(C)C(=O)Nc2ccc([N+](=O)[O-])cc2Cl)nc2ccccc21. The van der Waals surface area contributed by atoms with Crippen LogP contribution < -0.4 is 5.32 Å². The number of nitrogens with one attached hydrogen (secondary N) is 1. The molecule has 2 aromatic carbocycles. The van der Waals surface area contributed by atoms with Crippen LogP contribution in [0.15, 0.2) is 47.6 Å². The smallest absolute Gasteiger partial charge is 0.271 e. The topological polar surface area (TPSA) is 99.3 Å². The van der Waals surface area contributed by atoms with Crippen molar-refractivity contribution in [3.05, 3.63) is 57.6 Å². The number of hydrogen-bond donors (Lipinski definition) is 1. The molecule has 10 heteroatoms. The molecule has 1 unspecified atom stereocenters. The molecule has 3 rings (SSSR count). The van der Waals surface area contributed by atoms with Gasteiger partial charge in [0.25, 0.3) is 5.69 Å². The van der Waals surface area contributed by atoms with Crippen LogP contribution in [-0.4, -0.2) is 39.3 Å². The normalized spacial score (nSPS) is 12.1. The highest BCUT2D eigenvalue weighted by atomic mass is 35.5. The summed E-state index contributed by atoms with van der Waals surface area (Å²) >= 11 is 7.38. The summed E-state index contributed by atoms with van der Waals surface area (Å²) in [5, 5.41) is 13.9. The average Bonchev–Trinajstić information content (AvgIpc) is 3.04. The van der Waals surface area contributed by atoms with Gasteiger partial charge in [-0.1, -0.05) is 35.5 Å². The maximum Gasteiger partial charge on any atom is 0.271 e. The number of fused-ring (bicyclic) bond motifs is 1. The molecule has 0 aliphatic heterocycles. The summed E-state index contributed by atoms with van der Waals surface area (Å²) in [6, 6.07) is 11.7. The molecule has 3 aromatic rings. The molecule has 0 bridgehead atoms. The minimum atomic E-state index is -0.541. The standard InChI is InChI=1S/C19H19ClN4O4S/c1-12(18(25)21-15-8-7-13(24(26)27)11-14(15)20)29-19-22-16-5-3-4-6-17(16)23(19)9-10-28-2/h3-8,11-12H,9-10H2,1-2H3,(H,21,25). The van der Waals surface area contributed by atoms with Gasteiger partial charge in [0.15, 0.2) is 5.16 Å².